The topological polar surface area (TPSA) is 61.4 Å². The highest BCUT2D eigenvalue weighted by molar-refractivity contribution is 5.92. The summed E-state index contributed by atoms with van der Waals surface area (Å²) in [5, 5.41) is 11.0. The van der Waals surface area contributed by atoms with Crippen molar-refractivity contribution in [1.82, 2.24) is 20.0 Å². The number of hydrogen-bond donors (Lipinski definition) is 1. The van der Waals surface area contributed by atoms with Gasteiger partial charge in [0.2, 0.25) is 0 Å². The number of carbonyl (C=O) groups excluding carboxylic acids is 1. The normalized spacial score (nSPS) is 15.3. The molecule has 1 amide bonds. The van der Waals surface area contributed by atoms with Crippen molar-refractivity contribution < 1.29 is 4.79 Å². The molecule has 1 aromatic heterocycles. The fourth-order valence-corrected chi connectivity index (χ4v) is 2.32. The lowest BCUT2D eigenvalue weighted by molar-refractivity contribution is 0.0775. The molecule has 0 saturated carbocycles. The molecule has 6 nitrogen and oxygen atoms in total. The van der Waals surface area contributed by atoms with Crippen molar-refractivity contribution in [3.05, 3.63) is 17.8 Å². The highest BCUT2D eigenvalue weighted by Crippen LogP contribution is 2.08. The SMILES string of the molecule is CCNc1ccc(C(=O)N(C)CCN2CCCC2)nn1. The number of rotatable bonds is 6. The van der Waals surface area contributed by atoms with Gasteiger partial charge in [0, 0.05) is 26.7 Å². The van der Waals surface area contributed by atoms with E-state index in [0.717, 1.165) is 32.7 Å². The molecule has 6 heteroatoms. The first-order chi connectivity index (χ1) is 9.70. The van der Waals surface area contributed by atoms with Crippen LogP contribution in [0.25, 0.3) is 0 Å². The molecule has 0 atom stereocenters. The van der Waals surface area contributed by atoms with Gasteiger partial charge in [-0.05, 0) is 45.0 Å². The lowest BCUT2D eigenvalue weighted by Crippen LogP contribution is -2.35. The summed E-state index contributed by atoms with van der Waals surface area (Å²) in [5.41, 5.74) is 0.399. The van der Waals surface area contributed by atoms with Crippen LogP contribution in [0.3, 0.4) is 0 Å². The van der Waals surface area contributed by atoms with Crippen LogP contribution >= 0.6 is 0 Å². The minimum absolute atomic E-state index is 0.0697. The van der Waals surface area contributed by atoms with Crippen molar-refractivity contribution in [1.29, 1.82) is 0 Å². The molecule has 1 N–H and O–H groups in total. The molecule has 1 fully saturated rings. The maximum Gasteiger partial charge on any atom is 0.274 e. The van der Waals surface area contributed by atoms with E-state index in [9.17, 15) is 4.79 Å². The highest BCUT2D eigenvalue weighted by atomic mass is 16.2. The Balaban J connectivity index is 1.85. The standard InChI is InChI=1S/C14H23N5O/c1-3-15-13-7-6-12(16-17-13)14(20)18(2)10-11-19-8-4-5-9-19/h6-7H,3-5,8-11H2,1-2H3,(H,15,17). The second-order valence-corrected chi connectivity index (χ2v) is 5.11. The van der Waals surface area contributed by atoms with E-state index in [0.29, 0.717) is 11.5 Å². The van der Waals surface area contributed by atoms with Gasteiger partial charge in [-0.2, -0.15) is 0 Å². The van der Waals surface area contributed by atoms with E-state index in [-0.39, 0.29) is 5.91 Å². The van der Waals surface area contributed by atoms with Crippen molar-refractivity contribution in [3.63, 3.8) is 0 Å². The summed E-state index contributed by atoms with van der Waals surface area (Å²) in [5.74, 6) is 0.628. The summed E-state index contributed by atoms with van der Waals surface area (Å²) in [6.45, 7) is 6.75. The Morgan fingerprint density at radius 3 is 2.70 bits per heavy atom. The molecule has 110 valence electrons. The van der Waals surface area contributed by atoms with E-state index < -0.39 is 0 Å². The van der Waals surface area contributed by atoms with Gasteiger partial charge in [-0.15, -0.1) is 10.2 Å². The van der Waals surface area contributed by atoms with Crippen LogP contribution in [0.5, 0.6) is 0 Å². The van der Waals surface area contributed by atoms with Crippen LogP contribution in [-0.4, -0.2) is 65.7 Å². The molecule has 0 unspecified atom stereocenters. The monoisotopic (exact) mass is 277 g/mol. The van der Waals surface area contributed by atoms with Gasteiger partial charge >= 0.3 is 0 Å². The lowest BCUT2D eigenvalue weighted by Gasteiger charge is -2.21. The molecule has 0 aromatic carbocycles. The molecular formula is C14H23N5O. The van der Waals surface area contributed by atoms with Crippen LogP contribution in [-0.2, 0) is 0 Å². The number of hydrogen-bond acceptors (Lipinski definition) is 5. The fourth-order valence-electron chi connectivity index (χ4n) is 2.32. The molecule has 0 aliphatic carbocycles. The third kappa shape index (κ3) is 3.90. The highest BCUT2D eigenvalue weighted by Gasteiger charge is 2.16. The van der Waals surface area contributed by atoms with Crippen LogP contribution in [0.2, 0.25) is 0 Å². The lowest BCUT2D eigenvalue weighted by atomic mass is 10.3. The first-order valence-corrected chi connectivity index (χ1v) is 7.26. The first kappa shape index (κ1) is 14.7. The van der Waals surface area contributed by atoms with Gasteiger partial charge in [0.05, 0.1) is 0 Å². The summed E-state index contributed by atoms with van der Waals surface area (Å²) < 4.78 is 0. The molecule has 0 spiro atoms. The number of likely N-dealkylation sites (tertiary alicyclic amines) is 1. The largest absolute Gasteiger partial charge is 0.369 e. The van der Waals surface area contributed by atoms with Crippen molar-refractivity contribution in [2.75, 3.05) is 45.1 Å². The maximum absolute atomic E-state index is 12.2. The van der Waals surface area contributed by atoms with Gasteiger partial charge in [-0.3, -0.25) is 4.79 Å². The van der Waals surface area contributed by atoms with E-state index in [2.05, 4.69) is 20.4 Å². The number of nitrogens with zero attached hydrogens (tertiary/aromatic N) is 4. The van der Waals surface area contributed by atoms with Crippen LogP contribution in [0.4, 0.5) is 5.82 Å². The molecule has 20 heavy (non-hydrogen) atoms. The Morgan fingerprint density at radius 1 is 1.35 bits per heavy atom. The zero-order chi connectivity index (χ0) is 14.4. The van der Waals surface area contributed by atoms with Gasteiger partial charge < -0.3 is 15.1 Å². The van der Waals surface area contributed by atoms with Crippen LogP contribution in [0.1, 0.15) is 30.3 Å². The Kier molecular flexibility index (Phi) is 5.29. The van der Waals surface area contributed by atoms with Gasteiger partial charge in [-0.25, -0.2) is 0 Å². The summed E-state index contributed by atoms with van der Waals surface area (Å²) in [6.07, 6.45) is 2.55. The van der Waals surface area contributed by atoms with Gasteiger partial charge in [-0.1, -0.05) is 0 Å². The summed E-state index contributed by atoms with van der Waals surface area (Å²) in [7, 11) is 1.82. The molecule has 2 rings (SSSR count). The van der Waals surface area contributed by atoms with Crippen molar-refractivity contribution in [2.24, 2.45) is 0 Å². The molecule has 1 aliphatic heterocycles. The van der Waals surface area contributed by atoms with Gasteiger partial charge in [0.25, 0.3) is 5.91 Å². The molecule has 2 heterocycles. The Labute approximate surface area is 120 Å². The minimum Gasteiger partial charge on any atom is -0.369 e. The molecule has 1 aromatic rings. The maximum atomic E-state index is 12.2. The number of likely N-dealkylation sites (N-methyl/N-ethyl adjacent to an activating group) is 1. The number of aromatic nitrogens is 2. The van der Waals surface area contributed by atoms with Crippen molar-refractivity contribution in [2.45, 2.75) is 19.8 Å². The zero-order valence-corrected chi connectivity index (χ0v) is 12.3. The second-order valence-electron chi connectivity index (χ2n) is 5.11. The van der Waals surface area contributed by atoms with Gasteiger partial charge in [0.1, 0.15) is 5.82 Å². The van der Waals surface area contributed by atoms with E-state index in [4.69, 9.17) is 0 Å². The van der Waals surface area contributed by atoms with Gasteiger partial charge in [0.15, 0.2) is 5.69 Å². The van der Waals surface area contributed by atoms with E-state index in [1.54, 1.807) is 17.0 Å². The fraction of sp³-hybridized carbons (Fsp3) is 0.643. The molecular weight excluding hydrogens is 254 g/mol. The van der Waals surface area contributed by atoms with E-state index in [1.807, 2.05) is 14.0 Å². The Hall–Kier alpha value is -1.69. The average molecular weight is 277 g/mol. The predicted molar refractivity (Wildman–Crippen MR) is 78.8 cm³/mol. The van der Waals surface area contributed by atoms with Crippen molar-refractivity contribution >= 4 is 11.7 Å². The number of nitrogens with one attached hydrogen (secondary N) is 1. The third-order valence-corrected chi connectivity index (χ3v) is 3.54. The number of carbonyl (C=O) groups is 1. The zero-order valence-electron chi connectivity index (χ0n) is 12.3. The Morgan fingerprint density at radius 2 is 2.10 bits per heavy atom. The minimum atomic E-state index is -0.0697. The van der Waals surface area contributed by atoms with E-state index >= 15 is 0 Å². The van der Waals surface area contributed by atoms with Crippen LogP contribution in [0, 0.1) is 0 Å². The molecule has 0 radical (unpaired) electrons. The van der Waals surface area contributed by atoms with E-state index in [1.165, 1.54) is 12.8 Å². The summed E-state index contributed by atoms with van der Waals surface area (Å²) in [4.78, 5) is 16.3. The quantitative estimate of drug-likeness (QED) is 0.843. The van der Waals surface area contributed by atoms with Crippen molar-refractivity contribution in [3.8, 4) is 0 Å². The molecule has 1 aliphatic rings. The first-order valence-electron chi connectivity index (χ1n) is 7.26. The third-order valence-electron chi connectivity index (χ3n) is 3.54. The average Bonchev–Trinajstić information content (AvgIpc) is 2.98. The summed E-state index contributed by atoms with van der Waals surface area (Å²) in [6, 6.07) is 3.51. The smallest absolute Gasteiger partial charge is 0.274 e. The second kappa shape index (κ2) is 7.19. The number of amides is 1. The molecule has 1 saturated heterocycles. The predicted octanol–water partition coefficient (Wildman–Crippen LogP) is 1.08. The van der Waals surface area contributed by atoms with Crippen LogP contribution < -0.4 is 5.32 Å². The Bertz CT molecular complexity index is 428. The van der Waals surface area contributed by atoms with Crippen LogP contribution in [0.15, 0.2) is 12.1 Å². The number of anilines is 1. The summed E-state index contributed by atoms with van der Waals surface area (Å²) >= 11 is 0. The molecule has 0 bridgehead atoms.